The molecule has 0 amide bonds. The summed E-state index contributed by atoms with van der Waals surface area (Å²) >= 11 is 6.11. The number of benzene rings is 1. The molecule has 7 heteroatoms. The van der Waals surface area contributed by atoms with Crippen molar-refractivity contribution in [2.45, 2.75) is 6.61 Å². The van der Waals surface area contributed by atoms with Crippen LogP contribution in [0.2, 0.25) is 0 Å². The van der Waals surface area contributed by atoms with Gasteiger partial charge in [-0.05, 0) is 18.2 Å². The summed E-state index contributed by atoms with van der Waals surface area (Å²) in [4.78, 5) is 20.4. The van der Waals surface area contributed by atoms with Gasteiger partial charge in [-0.1, -0.05) is 29.8 Å². The lowest BCUT2D eigenvalue weighted by molar-refractivity contribution is -0.139. The number of hydrogen-bond donors (Lipinski definition) is 1. The Labute approximate surface area is 143 Å². The molecule has 0 saturated heterocycles. The molecule has 1 aromatic heterocycles. The molecule has 1 aliphatic rings. The number of anilines is 1. The van der Waals surface area contributed by atoms with Gasteiger partial charge < -0.3 is 10.1 Å². The highest BCUT2D eigenvalue weighted by molar-refractivity contribution is 6.70. The van der Waals surface area contributed by atoms with Crippen molar-refractivity contribution >= 4 is 34.1 Å². The van der Waals surface area contributed by atoms with Crippen LogP contribution in [0.15, 0.2) is 65.1 Å². The van der Waals surface area contributed by atoms with Gasteiger partial charge in [0.05, 0.1) is 11.4 Å². The number of rotatable bonds is 3. The Morgan fingerprint density at radius 3 is 2.88 bits per heavy atom. The highest BCUT2D eigenvalue weighted by atomic mass is 35.5. The smallest absolute Gasteiger partial charge is 0.351 e. The van der Waals surface area contributed by atoms with Crippen LogP contribution >= 0.6 is 11.6 Å². The number of carbonyl (C=O) groups excluding carboxylic acids is 1. The lowest BCUT2D eigenvalue weighted by Gasteiger charge is -2.18. The molecule has 0 fully saturated rings. The molecule has 0 spiro atoms. The minimum absolute atomic E-state index is 0.0104. The Balaban J connectivity index is 1.84. The minimum Gasteiger partial charge on any atom is -0.457 e. The molecule has 3 rings (SSSR count). The molecule has 2 heterocycles. The number of esters is 1. The zero-order valence-corrected chi connectivity index (χ0v) is 13.1. The summed E-state index contributed by atoms with van der Waals surface area (Å²) in [5.74, 6) is -0.781. The van der Waals surface area contributed by atoms with Crippen molar-refractivity contribution in [2.24, 2.45) is 4.99 Å². The van der Waals surface area contributed by atoms with Crippen molar-refractivity contribution < 1.29 is 9.53 Å². The summed E-state index contributed by atoms with van der Waals surface area (Å²) in [6, 6.07) is 12.5. The van der Waals surface area contributed by atoms with Crippen LogP contribution in [0.25, 0.3) is 0 Å². The van der Waals surface area contributed by atoms with Gasteiger partial charge >= 0.3 is 5.97 Å². The first-order valence-corrected chi connectivity index (χ1v) is 7.38. The number of carbonyl (C=O) groups is 1. The molecular weight excluding hydrogens is 328 g/mol. The molecule has 1 aliphatic heterocycles. The van der Waals surface area contributed by atoms with Crippen LogP contribution in [0, 0.1) is 11.3 Å². The highest BCUT2D eigenvalue weighted by Crippen LogP contribution is 2.32. The number of pyridine rings is 1. The van der Waals surface area contributed by atoms with E-state index in [9.17, 15) is 10.1 Å². The molecule has 0 aliphatic carbocycles. The Hall–Kier alpha value is -3.17. The number of fused-ring (bicyclic) bond motifs is 1. The number of ether oxygens (including phenoxy) is 1. The second-order valence-corrected chi connectivity index (χ2v) is 5.20. The third-order valence-electron chi connectivity index (χ3n) is 3.25. The molecule has 0 atom stereocenters. The van der Waals surface area contributed by atoms with Crippen LogP contribution in [-0.2, 0) is 16.1 Å². The van der Waals surface area contributed by atoms with Gasteiger partial charge in [-0.15, -0.1) is 0 Å². The fourth-order valence-electron chi connectivity index (χ4n) is 2.10. The molecule has 2 aromatic rings. The molecular formula is C17H11ClN4O2. The monoisotopic (exact) mass is 338 g/mol. The third kappa shape index (κ3) is 3.26. The third-order valence-corrected chi connectivity index (χ3v) is 3.52. The summed E-state index contributed by atoms with van der Waals surface area (Å²) < 4.78 is 5.16. The van der Waals surface area contributed by atoms with Crippen molar-refractivity contribution in [2.75, 3.05) is 5.32 Å². The predicted octanol–water partition coefficient (Wildman–Crippen LogP) is 3.30. The van der Waals surface area contributed by atoms with Gasteiger partial charge in [0.1, 0.15) is 18.4 Å². The normalized spacial score (nSPS) is 14.6. The molecule has 24 heavy (non-hydrogen) atoms. The maximum absolute atomic E-state index is 12.2. The predicted molar refractivity (Wildman–Crippen MR) is 89.7 cm³/mol. The average molecular weight is 339 g/mol. The van der Waals surface area contributed by atoms with E-state index in [0.717, 1.165) is 5.56 Å². The van der Waals surface area contributed by atoms with E-state index in [1.165, 1.54) is 0 Å². The van der Waals surface area contributed by atoms with Crippen molar-refractivity contribution in [3.8, 4) is 6.07 Å². The minimum atomic E-state index is -0.781. The number of nitrogens with zero attached hydrogens (tertiary/aromatic N) is 3. The van der Waals surface area contributed by atoms with Crippen LogP contribution in [0.1, 0.15) is 5.56 Å². The largest absolute Gasteiger partial charge is 0.457 e. The Kier molecular flexibility index (Phi) is 4.54. The van der Waals surface area contributed by atoms with E-state index in [1.54, 1.807) is 36.7 Å². The summed E-state index contributed by atoms with van der Waals surface area (Å²) in [7, 11) is 0. The number of halogens is 1. The van der Waals surface area contributed by atoms with Gasteiger partial charge in [-0.3, -0.25) is 4.98 Å². The fourth-order valence-corrected chi connectivity index (χ4v) is 2.33. The molecule has 0 unspecified atom stereocenters. The molecule has 118 valence electrons. The first kappa shape index (κ1) is 15.7. The zero-order valence-electron chi connectivity index (χ0n) is 12.4. The van der Waals surface area contributed by atoms with E-state index >= 15 is 0 Å². The zero-order chi connectivity index (χ0) is 16.9. The highest BCUT2D eigenvalue weighted by Gasteiger charge is 2.24. The number of allylic oxidation sites excluding steroid dienone is 1. The molecule has 1 aromatic carbocycles. The van der Waals surface area contributed by atoms with E-state index in [4.69, 9.17) is 16.3 Å². The SMILES string of the molecule is N#C/C(C(=O)OCc1cccnc1)=C1/Nc2ccccc2N=C1Cl. The number of aromatic nitrogens is 1. The van der Waals surface area contributed by atoms with Crippen molar-refractivity contribution in [1.82, 2.24) is 4.98 Å². The second kappa shape index (κ2) is 6.94. The molecule has 0 saturated carbocycles. The van der Waals surface area contributed by atoms with Crippen molar-refractivity contribution in [1.29, 1.82) is 5.26 Å². The first-order valence-electron chi connectivity index (χ1n) is 7.00. The van der Waals surface area contributed by atoms with Crippen LogP contribution in [0.3, 0.4) is 0 Å². The van der Waals surface area contributed by atoms with Gasteiger partial charge in [-0.25, -0.2) is 9.79 Å². The Morgan fingerprint density at radius 2 is 2.12 bits per heavy atom. The van der Waals surface area contributed by atoms with E-state index in [0.29, 0.717) is 11.4 Å². The summed E-state index contributed by atoms with van der Waals surface area (Å²) in [5.41, 5.74) is 1.91. The van der Waals surface area contributed by atoms with Gasteiger partial charge in [-0.2, -0.15) is 5.26 Å². The summed E-state index contributed by atoms with van der Waals surface area (Å²) in [6.45, 7) is 0.0104. The molecule has 0 radical (unpaired) electrons. The molecule has 0 bridgehead atoms. The second-order valence-electron chi connectivity index (χ2n) is 4.84. The van der Waals surface area contributed by atoms with Crippen molar-refractivity contribution in [3.05, 3.63) is 65.6 Å². The Morgan fingerprint density at radius 1 is 1.29 bits per heavy atom. The maximum atomic E-state index is 12.2. The molecule has 1 N–H and O–H groups in total. The molecule has 6 nitrogen and oxygen atoms in total. The number of nitrogens with one attached hydrogen (secondary N) is 1. The van der Waals surface area contributed by atoms with E-state index < -0.39 is 5.97 Å². The van der Waals surface area contributed by atoms with Crippen LogP contribution < -0.4 is 5.32 Å². The van der Waals surface area contributed by atoms with Crippen LogP contribution in [0.4, 0.5) is 11.4 Å². The van der Waals surface area contributed by atoms with Crippen LogP contribution in [-0.4, -0.2) is 16.1 Å². The maximum Gasteiger partial charge on any atom is 0.351 e. The summed E-state index contributed by atoms with van der Waals surface area (Å²) in [5, 5.41) is 12.3. The number of hydrogen-bond acceptors (Lipinski definition) is 6. The number of para-hydroxylation sites is 2. The topological polar surface area (TPSA) is 87.4 Å². The lowest BCUT2D eigenvalue weighted by atomic mass is 10.1. The quantitative estimate of drug-likeness (QED) is 0.527. The van der Waals surface area contributed by atoms with E-state index in [1.807, 2.05) is 18.2 Å². The average Bonchev–Trinajstić information content (AvgIpc) is 2.62. The van der Waals surface area contributed by atoms with Crippen molar-refractivity contribution in [3.63, 3.8) is 0 Å². The standard InChI is InChI=1S/C17H11ClN4O2/c18-16-15(21-13-5-1-2-6-14(13)22-16)12(8-19)17(23)24-10-11-4-3-7-20-9-11/h1-7,9,21H,10H2/b15-12-. The van der Waals surface area contributed by atoms with Gasteiger partial charge in [0.2, 0.25) is 0 Å². The fraction of sp³-hybridized carbons (Fsp3) is 0.0588. The number of aliphatic imine (C=N–C) groups is 1. The van der Waals surface area contributed by atoms with Gasteiger partial charge in [0.25, 0.3) is 0 Å². The Bertz CT molecular complexity index is 885. The van der Waals surface area contributed by atoms with E-state index in [-0.39, 0.29) is 23.0 Å². The lowest BCUT2D eigenvalue weighted by Crippen LogP contribution is -2.18. The van der Waals surface area contributed by atoms with Crippen LogP contribution in [0.5, 0.6) is 0 Å². The van der Waals surface area contributed by atoms with Gasteiger partial charge in [0, 0.05) is 18.0 Å². The summed E-state index contributed by atoms with van der Waals surface area (Å²) in [6.07, 6.45) is 3.20. The first-order chi connectivity index (χ1) is 11.7. The van der Waals surface area contributed by atoms with E-state index in [2.05, 4.69) is 15.3 Å². The number of nitriles is 1. The van der Waals surface area contributed by atoms with Gasteiger partial charge in [0.15, 0.2) is 10.7 Å².